The van der Waals surface area contributed by atoms with Gasteiger partial charge in [-0.15, -0.1) is 6.42 Å². The molecule has 0 aliphatic carbocycles. The number of amides is 1. The van der Waals surface area contributed by atoms with Gasteiger partial charge in [0.15, 0.2) is 0 Å². The molecule has 1 amide bonds. The molecule has 1 fully saturated rings. The van der Waals surface area contributed by atoms with Crippen LogP contribution in [0.1, 0.15) is 0 Å². The summed E-state index contributed by atoms with van der Waals surface area (Å²) in [6.07, 6.45) is 0.886. The van der Waals surface area contributed by atoms with Crippen LogP contribution in [0.5, 0.6) is 0 Å². The summed E-state index contributed by atoms with van der Waals surface area (Å²) in [7, 11) is 0. The number of nitrogens with one attached hydrogen (secondary N) is 1. The summed E-state index contributed by atoms with van der Waals surface area (Å²) in [5.74, 6) is 2.21. The molecule has 0 unspecified atom stereocenters. The molecule has 102 valence electrons. The average Bonchev–Trinajstić information content (AvgIpc) is 2.28. The van der Waals surface area contributed by atoms with Crippen molar-refractivity contribution in [2.75, 3.05) is 45.8 Å². The Bertz CT molecular complexity index is 316. The van der Waals surface area contributed by atoms with Crippen molar-refractivity contribution in [1.82, 2.24) is 15.1 Å². The summed E-state index contributed by atoms with van der Waals surface area (Å²) < 4.78 is 35.6. The summed E-state index contributed by atoms with van der Waals surface area (Å²) in [6.45, 7) is 1.45. The lowest BCUT2D eigenvalue weighted by Gasteiger charge is -2.33. The monoisotopic (exact) mass is 263 g/mol. The quantitative estimate of drug-likeness (QED) is 0.720. The fourth-order valence-electron chi connectivity index (χ4n) is 1.71. The molecule has 0 bridgehead atoms. The van der Waals surface area contributed by atoms with Gasteiger partial charge >= 0.3 is 6.18 Å². The van der Waals surface area contributed by atoms with Crippen LogP contribution in [0.4, 0.5) is 13.2 Å². The molecule has 0 atom stereocenters. The number of hydrogen-bond acceptors (Lipinski definition) is 3. The van der Waals surface area contributed by atoms with Crippen molar-refractivity contribution in [3.05, 3.63) is 0 Å². The van der Waals surface area contributed by atoms with Crippen molar-refractivity contribution in [3.63, 3.8) is 0 Å². The van der Waals surface area contributed by atoms with Gasteiger partial charge in [0.25, 0.3) is 0 Å². The van der Waals surface area contributed by atoms with Gasteiger partial charge < -0.3 is 10.2 Å². The van der Waals surface area contributed by atoms with E-state index in [1.54, 1.807) is 4.90 Å². The van der Waals surface area contributed by atoms with E-state index in [1.165, 1.54) is 0 Å². The van der Waals surface area contributed by atoms with E-state index in [2.05, 4.69) is 11.2 Å². The van der Waals surface area contributed by atoms with Gasteiger partial charge in [-0.25, -0.2) is 0 Å². The van der Waals surface area contributed by atoms with Crippen molar-refractivity contribution in [3.8, 4) is 12.3 Å². The first-order valence-corrected chi connectivity index (χ1v) is 5.63. The van der Waals surface area contributed by atoms with Crippen LogP contribution in [0.2, 0.25) is 0 Å². The summed E-state index contributed by atoms with van der Waals surface area (Å²) in [6, 6.07) is 0. The van der Waals surface area contributed by atoms with E-state index in [4.69, 9.17) is 6.42 Å². The highest BCUT2D eigenvalue weighted by Gasteiger charge is 2.27. The van der Waals surface area contributed by atoms with E-state index >= 15 is 0 Å². The Balaban J connectivity index is 2.22. The molecule has 1 saturated heterocycles. The summed E-state index contributed by atoms with van der Waals surface area (Å²) in [5.41, 5.74) is 0. The molecule has 7 heteroatoms. The SMILES string of the molecule is C#CCN1CCN(C(=O)CNCC(F)(F)F)CC1. The number of hydrogen-bond donors (Lipinski definition) is 1. The fraction of sp³-hybridized carbons (Fsp3) is 0.727. The number of rotatable bonds is 4. The van der Waals surface area contributed by atoms with Gasteiger partial charge in [-0.2, -0.15) is 13.2 Å². The molecule has 4 nitrogen and oxygen atoms in total. The maximum Gasteiger partial charge on any atom is 0.401 e. The first kappa shape index (κ1) is 14.8. The normalized spacial score (nSPS) is 17.6. The highest BCUT2D eigenvalue weighted by atomic mass is 19.4. The minimum absolute atomic E-state index is 0.283. The minimum Gasteiger partial charge on any atom is -0.339 e. The van der Waals surface area contributed by atoms with Crippen LogP contribution < -0.4 is 5.32 Å². The lowest BCUT2D eigenvalue weighted by atomic mass is 10.3. The van der Waals surface area contributed by atoms with E-state index in [-0.39, 0.29) is 12.5 Å². The number of piperazine rings is 1. The van der Waals surface area contributed by atoms with E-state index in [0.29, 0.717) is 32.7 Å². The largest absolute Gasteiger partial charge is 0.401 e. The van der Waals surface area contributed by atoms with Gasteiger partial charge in [-0.1, -0.05) is 5.92 Å². The second-order valence-electron chi connectivity index (χ2n) is 4.08. The van der Waals surface area contributed by atoms with E-state index in [9.17, 15) is 18.0 Å². The van der Waals surface area contributed by atoms with Gasteiger partial charge in [-0.05, 0) is 0 Å². The predicted molar refractivity (Wildman–Crippen MR) is 60.8 cm³/mol. The van der Waals surface area contributed by atoms with Gasteiger partial charge in [0.05, 0.1) is 19.6 Å². The topological polar surface area (TPSA) is 35.6 Å². The maximum atomic E-state index is 11.9. The van der Waals surface area contributed by atoms with Crippen molar-refractivity contribution in [2.24, 2.45) is 0 Å². The smallest absolute Gasteiger partial charge is 0.339 e. The van der Waals surface area contributed by atoms with Crippen LogP contribution in [0.3, 0.4) is 0 Å². The molecular weight excluding hydrogens is 247 g/mol. The molecule has 1 aliphatic heterocycles. The lowest BCUT2D eigenvalue weighted by molar-refractivity contribution is -0.135. The molecule has 18 heavy (non-hydrogen) atoms. The summed E-state index contributed by atoms with van der Waals surface area (Å²) in [5, 5.41) is 2.10. The second kappa shape index (κ2) is 6.61. The second-order valence-corrected chi connectivity index (χ2v) is 4.08. The number of halogens is 3. The molecule has 0 aromatic carbocycles. The molecule has 0 radical (unpaired) electrons. The number of alkyl halides is 3. The summed E-state index contributed by atoms with van der Waals surface area (Å²) >= 11 is 0. The van der Waals surface area contributed by atoms with Crippen LogP contribution in [0.15, 0.2) is 0 Å². The first-order valence-electron chi connectivity index (χ1n) is 5.63. The van der Waals surface area contributed by atoms with Crippen molar-refractivity contribution in [2.45, 2.75) is 6.18 Å². The average molecular weight is 263 g/mol. The van der Waals surface area contributed by atoms with Gasteiger partial charge in [0.2, 0.25) is 5.91 Å². The standard InChI is InChI=1S/C11H16F3N3O/c1-2-3-16-4-6-17(7-5-16)10(18)8-15-9-11(12,13)14/h1,15H,3-9H2. The fourth-order valence-corrected chi connectivity index (χ4v) is 1.71. The lowest BCUT2D eigenvalue weighted by Crippen LogP contribution is -2.51. The molecule has 0 saturated carbocycles. The predicted octanol–water partition coefficient (Wildman–Crippen LogP) is -0.0843. The molecular formula is C11H16F3N3O. The maximum absolute atomic E-state index is 11.9. The molecule has 1 rings (SSSR count). The Kier molecular flexibility index (Phi) is 5.44. The highest BCUT2D eigenvalue weighted by Crippen LogP contribution is 2.12. The number of terminal acetylenes is 1. The van der Waals surface area contributed by atoms with E-state index in [1.807, 2.05) is 4.90 Å². The number of carbonyl (C=O) groups excluding carboxylic acids is 1. The third-order valence-corrected chi connectivity index (χ3v) is 2.64. The van der Waals surface area contributed by atoms with E-state index < -0.39 is 12.7 Å². The Morgan fingerprint density at radius 2 is 1.89 bits per heavy atom. The van der Waals surface area contributed by atoms with E-state index in [0.717, 1.165) is 0 Å². The zero-order valence-corrected chi connectivity index (χ0v) is 9.96. The molecule has 1 aliphatic rings. The number of carbonyl (C=O) groups is 1. The van der Waals surface area contributed by atoms with Crippen LogP contribution in [-0.2, 0) is 4.79 Å². The van der Waals surface area contributed by atoms with Gasteiger partial charge in [-0.3, -0.25) is 9.69 Å². The summed E-state index contributed by atoms with van der Waals surface area (Å²) in [4.78, 5) is 15.2. The van der Waals surface area contributed by atoms with Crippen LogP contribution >= 0.6 is 0 Å². The van der Waals surface area contributed by atoms with Crippen LogP contribution in [0, 0.1) is 12.3 Å². The van der Waals surface area contributed by atoms with Crippen molar-refractivity contribution in [1.29, 1.82) is 0 Å². The molecule has 0 aromatic heterocycles. The first-order chi connectivity index (χ1) is 8.42. The van der Waals surface area contributed by atoms with Crippen LogP contribution in [-0.4, -0.2) is 67.7 Å². The van der Waals surface area contributed by atoms with Gasteiger partial charge in [0, 0.05) is 26.2 Å². The minimum atomic E-state index is -4.29. The zero-order valence-electron chi connectivity index (χ0n) is 9.96. The Morgan fingerprint density at radius 3 is 2.39 bits per heavy atom. The third-order valence-electron chi connectivity index (χ3n) is 2.64. The third kappa shape index (κ3) is 5.38. The molecule has 1 heterocycles. The Labute approximate surface area is 104 Å². The number of nitrogens with zero attached hydrogens (tertiary/aromatic N) is 2. The highest BCUT2D eigenvalue weighted by molar-refractivity contribution is 5.78. The Morgan fingerprint density at radius 1 is 1.28 bits per heavy atom. The van der Waals surface area contributed by atoms with Crippen LogP contribution in [0.25, 0.3) is 0 Å². The molecule has 1 N–H and O–H groups in total. The Hall–Kier alpha value is -1.26. The van der Waals surface area contributed by atoms with Gasteiger partial charge in [0.1, 0.15) is 0 Å². The van der Waals surface area contributed by atoms with Crippen molar-refractivity contribution >= 4 is 5.91 Å². The zero-order chi connectivity index (χ0) is 13.6. The molecule has 0 spiro atoms. The van der Waals surface area contributed by atoms with Crippen molar-refractivity contribution < 1.29 is 18.0 Å². The molecule has 0 aromatic rings.